The van der Waals surface area contributed by atoms with E-state index >= 15 is 0 Å². The Morgan fingerprint density at radius 1 is 0.676 bits per heavy atom. The van der Waals surface area contributed by atoms with E-state index in [0.29, 0.717) is 5.75 Å². The number of ether oxygens (including phenoxy) is 2. The van der Waals surface area contributed by atoms with Gasteiger partial charge in [0.2, 0.25) is 0 Å². The number of carboxylic acid groups (broad SMARTS) is 4. The first kappa shape index (κ1) is 25.8. The third-order valence-corrected chi connectivity index (χ3v) is 4.50. The van der Waals surface area contributed by atoms with Gasteiger partial charge in [-0.15, -0.1) is 0 Å². The predicted molar refractivity (Wildman–Crippen MR) is 119 cm³/mol. The summed E-state index contributed by atoms with van der Waals surface area (Å²) in [7, 11) is 1.53. The van der Waals surface area contributed by atoms with E-state index in [1.54, 1.807) is 24.3 Å². The van der Waals surface area contributed by atoms with Gasteiger partial charge in [-0.05, 0) is 29.8 Å². The highest BCUT2D eigenvalue weighted by atomic mass is 16.5. The van der Waals surface area contributed by atoms with Crippen molar-refractivity contribution in [3.63, 3.8) is 0 Å². The van der Waals surface area contributed by atoms with Crippen molar-refractivity contribution in [2.75, 3.05) is 43.1 Å². The predicted octanol–water partition coefficient (Wildman–Crippen LogP) is 1.23. The van der Waals surface area contributed by atoms with E-state index in [1.165, 1.54) is 25.3 Å². The number of hydrogen-bond donors (Lipinski definition) is 4. The number of carboxylic acids is 4. The normalized spacial score (nSPS) is 10.3. The maximum Gasteiger partial charge on any atom is 0.323 e. The fourth-order valence-corrected chi connectivity index (χ4v) is 3.11. The number of carbonyl (C=O) groups is 4. The monoisotopic (exact) mass is 476 g/mol. The first-order valence-corrected chi connectivity index (χ1v) is 9.86. The van der Waals surface area contributed by atoms with Gasteiger partial charge in [-0.2, -0.15) is 0 Å². The molecule has 0 unspecified atom stereocenters. The van der Waals surface area contributed by atoms with Crippen molar-refractivity contribution in [3.8, 4) is 11.5 Å². The number of benzene rings is 2. The van der Waals surface area contributed by atoms with Crippen LogP contribution in [-0.4, -0.2) is 77.6 Å². The molecule has 0 aromatic heterocycles. The Bertz CT molecular complexity index is 1010. The fraction of sp³-hybridized carbons (Fsp3) is 0.273. The summed E-state index contributed by atoms with van der Waals surface area (Å²) in [6.45, 7) is -2.75. The topological polar surface area (TPSA) is 174 Å². The van der Waals surface area contributed by atoms with Crippen LogP contribution in [0.15, 0.2) is 42.5 Å². The minimum Gasteiger partial charge on any atom is -0.497 e. The van der Waals surface area contributed by atoms with Gasteiger partial charge in [0, 0.05) is 6.07 Å². The van der Waals surface area contributed by atoms with E-state index in [4.69, 9.17) is 9.47 Å². The second-order valence-electron chi connectivity index (χ2n) is 7.07. The zero-order chi connectivity index (χ0) is 25.3. The van der Waals surface area contributed by atoms with Crippen LogP contribution in [0.5, 0.6) is 11.5 Å². The Balaban J connectivity index is 2.46. The van der Waals surface area contributed by atoms with Gasteiger partial charge in [-0.1, -0.05) is 12.1 Å². The first-order valence-electron chi connectivity index (χ1n) is 9.86. The van der Waals surface area contributed by atoms with Gasteiger partial charge in [0.15, 0.2) is 0 Å². The molecule has 0 spiro atoms. The molecular weight excluding hydrogens is 452 g/mol. The Hall–Kier alpha value is -4.48. The van der Waals surface area contributed by atoms with E-state index in [-0.39, 0.29) is 23.7 Å². The molecule has 0 atom stereocenters. The minimum absolute atomic E-state index is 0.000434. The molecule has 2 aromatic rings. The molecule has 2 aromatic carbocycles. The van der Waals surface area contributed by atoms with Crippen molar-refractivity contribution >= 4 is 35.3 Å². The number of methoxy groups -OCH3 is 1. The van der Waals surface area contributed by atoms with Crippen LogP contribution in [0.25, 0.3) is 0 Å². The molecule has 0 bridgehead atoms. The minimum atomic E-state index is -1.33. The van der Waals surface area contributed by atoms with Gasteiger partial charge in [0.25, 0.3) is 0 Å². The molecule has 0 heterocycles. The van der Waals surface area contributed by atoms with Crippen molar-refractivity contribution in [2.45, 2.75) is 6.61 Å². The third-order valence-electron chi connectivity index (χ3n) is 4.50. The molecule has 182 valence electrons. The van der Waals surface area contributed by atoms with Crippen LogP contribution in [0.3, 0.4) is 0 Å². The molecule has 2 rings (SSSR count). The van der Waals surface area contributed by atoms with E-state index in [0.717, 1.165) is 15.4 Å². The van der Waals surface area contributed by atoms with Crippen molar-refractivity contribution in [1.29, 1.82) is 0 Å². The lowest BCUT2D eigenvalue weighted by atomic mass is 10.2. The highest BCUT2D eigenvalue weighted by Crippen LogP contribution is 2.34. The summed E-state index contributed by atoms with van der Waals surface area (Å²) in [5.74, 6) is -4.42. The standard InChI is InChI=1S/C22H24N2O10/c1-33-15-4-2-14(3-5-15)13-34-16-6-7-17(23(9-19(25)26)10-20(27)28)18(8-16)24(11-21(29)30)12-22(31)32/h2-8H,9-13H2,1H3,(H,25,26)(H,27,28)(H,29,30)(H,31,32). The Morgan fingerprint density at radius 2 is 1.12 bits per heavy atom. The summed E-state index contributed by atoms with van der Waals surface area (Å²) in [4.78, 5) is 47.3. The van der Waals surface area contributed by atoms with E-state index in [2.05, 4.69) is 0 Å². The quantitative estimate of drug-likeness (QED) is 0.307. The van der Waals surface area contributed by atoms with Crippen LogP contribution in [0, 0.1) is 0 Å². The van der Waals surface area contributed by atoms with Crippen molar-refractivity contribution < 1.29 is 49.1 Å². The number of rotatable bonds is 14. The molecule has 12 nitrogen and oxygen atoms in total. The summed E-state index contributed by atoms with van der Waals surface area (Å²) < 4.78 is 10.8. The number of aliphatic carboxylic acids is 4. The van der Waals surface area contributed by atoms with E-state index in [1.807, 2.05) is 0 Å². The summed E-state index contributed by atoms with van der Waals surface area (Å²) in [5, 5.41) is 37.0. The first-order chi connectivity index (χ1) is 16.1. The van der Waals surface area contributed by atoms with Crippen molar-refractivity contribution in [2.24, 2.45) is 0 Å². The van der Waals surface area contributed by atoms with E-state index in [9.17, 15) is 39.6 Å². The summed E-state index contributed by atoms with van der Waals surface area (Å²) in [5.41, 5.74) is 0.821. The Labute approximate surface area is 194 Å². The van der Waals surface area contributed by atoms with Gasteiger partial charge >= 0.3 is 23.9 Å². The molecule has 0 aliphatic rings. The summed E-state index contributed by atoms with van der Waals surface area (Å²) in [6.07, 6.45) is 0. The number of anilines is 2. The van der Waals surface area contributed by atoms with Crippen LogP contribution < -0.4 is 19.3 Å². The molecule has 0 amide bonds. The summed E-state index contributed by atoms with van der Waals surface area (Å²) in [6, 6.07) is 11.2. The molecule has 4 N–H and O–H groups in total. The average Bonchev–Trinajstić information content (AvgIpc) is 2.75. The van der Waals surface area contributed by atoms with Crippen LogP contribution in [-0.2, 0) is 25.8 Å². The second-order valence-corrected chi connectivity index (χ2v) is 7.07. The van der Waals surface area contributed by atoms with Gasteiger partial charge in [-0.25, -0.2) is 0 Å². The smallest absolute Gasteiger partial charge is 0.323 e. The zero-order valence-electron chi connectivity index (χ0n) is 18.2. The lowest BCUT2D eigenvalue weighted by Gasteiger charge is -2.29. The van der Waals surface area contributed by atoms with Gasteiger partial charge in [-0.3, -0.25) is 19.2 Å². The second kappa shape index (κ2) is 11.9. The molecule has 0 saturated carbocycles. The Morgan fingerprint density at radius 3 is 1.56 bits per heavy atom. The SMILES string of the molecule is COc1ccc(COc2ccc(N(CC(=O)O)CC(=O)O)c(N(CC(=O)O)CC(=O)O)c2)cc1. The maximum atomic E-state index is 11.4. The van der Waals surface area contributed by atoms with Gasteiger partial charge in [0.1, 0.15) is 44.3 Å². The zero-order valence-corrected chi connectivity index (χ0v) is 18.2. The maximum absolute atomic E-state index is 11.4. The average molecular weight is 476 g/mol. The number of hydrogen-bond acceptors (Lipinski definition) is 8. The molecule has 0 radical (unpaired) electrons. The van der Waals surface area contributed by atoms with Gasteiger partial charge in [0.05, 0.1) is 18.5 Å². The molecule has 0 fully saturated rings. The lowest BCUT2D eigenvalue weighted by Crippen LogP contribution is -2.39. The third kappa shape index (κ3) is 7.89. The fourth-order valence-electron chi connectivity index (χ4n) is 3.11. The van der Waals surface area contributed by atoms with Crippen molar-refractivity contribution in [1.82, 2.24) is 0 Å². The van der Waals surface area contributed by atoms with Crippen LogP contribution in [0.2, 0.25) is 0 Å². The highest BCUT2D eigenvalue weighted by Gasteiger charge is 2.24. The van der Waals surface area contributed by atoms with Crippen molar-refractivity contribution in [3.05, 3.63) is 48.0 Å². The molecular formula is C22H24N2O10. The van der Waals surface area contributed by atoms with Crippen LogP contribution in [0.4, 0.5) is 11.4 Å². The Kier molecular flexibility index (Phi) is 9.06. The molecule has 0 aliphatic heterocycles. The van der Waals surface area contributed by atoms with E-state index < -0.39 is 50.1 Å². The largest absolute Gasteiger partial charge is 0.497 e. The highest BCUT2D eigenvalue weighted by molar-refractivity contribution is 5.87. The molecule has 34 heavy (non-hydrogen) atoms. The van der Waals surface area contributed by atoms with Crippen LogP contribution >= 0.6 is 0 Å². The lowest BCUT2D eigenvalue weighted by molar-refractivity contribution is -0.138. The van der Waals surface area contributed by atoms with Gasteiger partial charge < -0.3 is 39.7 Å². The number of nitrogens with zero attached hydrogens (tertiary/aromatic N) is 2. The molecule has 12 heteroatoms. The summed E-state index contributed by atoms with van der Waals surface area (Å²) >= 11 is 0. The molecule has 0 saturated heterocycles. The molecule has 0 aliphatic carbocycles. The van der Waals surface area contributed by atoms with Crippen LogP contribution in [0.1, 0.15) is 5.56 Å².